The molecule has 0 spiro atoms. The first-order valence-electron chi connectivity index (χ1n) is 9.30. The summed E-state index contributed by atoms with van der Waals surface area (Å²) in [6.07, 6.45) is -0.996. The van der Waals surface area contributed by atoms with Crippen molar-refractivity contribution in [2.75, 3.05) is 19.8 Å². The zero-order chi connectivity index (χ0) is 21.7. The Morgan fingerprint density at radius 1 is 1.17 bits per heavy atom. The van der Waals surface area contributed by atoms with Gasteiger partial charge in [-0.15, -0.1) is 0 Å². The van der Waals surface area contributed by atoms with Crippen LogP contribution >= 0.6 is 23.2 Å². The Morgan fingerprint density at radius 2 is 1.93 bits per heavy atom. The number of aliphatic hydroxyl groups is 1. The van der Waals surface area contributed by atoms with Crippen LogP contribution in [0.4, 0.5) is 4.39 Å². The highest BCUT2D eigenvalue weighted by atomic mass is 35.5. The number of ether oxygens (including phenoxy) is 2. The Morgan fingerprint density at radius 3 is 2.67 bits per heavy atom. The molecule has 0 aliphatic carbocycles. The molecule has 3 rings (SSSR count). The zero-order valence-corrected chi connectivity index (χ0v) is 17.4. The van der Waals surface area contributed by atoms with Gasteiger partial charge in [-0.1, -0.05) is 41.4 Å². The van der Waals surface area contributed by atoms with Crippen LogP contribution in [0.3, 0.4) is 0 Å². The van der Waals surface area contributed by atoms with Gasteiger partial charge < -0.3 is 19.5 Å². The third kappa shape index (κ3) is 5.62. The number of rotatable bonds is 7. The van der Waals surface area contributed by atoms with E-state index in [1.807, 2.05) is 0 Å². The number of esters is 1. The molecule has 1 N–H and O–H groups in total. The van der Waals surface area contributed by atoms with Crippen molar-refractivity contribution in [2.24, 2.45) is 0 Å². The van der Waals surface area contributed by atoms with Gasteiger partial charge in [-0.2, -0.15) is 0 Å². The Kier molecular flexibility index (Phi) is 7.53. The van der Waals surface area contributed by atoms with E-state index < -0.39 is 29.8 Å². The first-order chi connectivity index (χ1) is 14.3. The maximum atomic E-state index is 13.8. The second-order valence-corrected chi connectivity index (χ2v) is 7.65. The molecule has 1 saturated heterocycles. The van der Waals surface area contributed by atoms with Crippen molar-refractivity contribution in [3.63, 3.8) is 0 Å². The van der Waals surface area contributed by atoms with Crippen LogP contribution < -0.4 is 4.74 Å². The second kappa shape index (κ2) is 10.1. The van der Waals surface area contributed by atoms with Crippen LogP contribution in [0.15, 0.2) is 42.5 Å². The summed E-state index contributed by atoms with van der Waals surface area (Å²) in [6, 6.07) is 9.75. The largest absolute Gasteiger partial charge is 0.488 e. The van der Waals surface area contributed by atoms with Crippen LogP contribution in [0.1, 0.15) is 12.0 Å². The number of amides is 1. The Balaban J connectivity index is 1.53. The summed E-state index contributed by atoms with van der Waals surface area (Å²) in [5, 5.41) is 10.7. The fourth-order valence-electron chi connectivity index (χ4n) is 3.20. The molecule has 2 unspecified atom stereocenters. The number of aliphatic hydroxyl groups excluding tert-OH is 1. The van der Waals surface area contributed by atoms with Crippen molar-refractivity contribution in [1.29, 1.82) is 0 Å². The fourth-order valence-corrected chi connectivity index (χ4v) is 3.66. The quantitative estimate of drug-likeness (QED) is 0.512. The SMILES string of the molecule is O=C(OCCOc1ccc(Cl)cc1Cl)C1CC(O)CN1C(=O)Cc1ccccc1F. The van der Waals surface area contributed by atoms with Crippen LogP contribution in [-0.4, -0.2) is 53.8 Å². The highest BCUT2D eigenvalue weighted by Gasteiger charge is 2.39. The van der Waals surface area contributed by atoms with Gasteiger partial charge in [0, 0.05) is 18.0 Å². The average Bonchev–Trinajstić information content (AvgIpc) is 3.10. The van der Waals surface area contributed by atoms with E-state index in [2.05, 4.69) is 0 Å². The van der Waals surface area contributed by atoms with Gasteiger partial charge in [0.25, 0.3) is 0 Å². The summed E-state index contributed by atoms with van der Waals surface area (Å²) in [6.45, 7) is -0.0325. The van der Waals surface area contributed by atoms with E-state index in [4.69, 9.17) is 32.7 Å². The molecule has 2 aromatic rings. The first-order valence-corrected chi connectivity index (χ1v) is 10.1. The third-order valence-electron chi connectivity index (χ3n) is 4.65. The predicted molar refractivity (Wildman–Crippen MR) is 109 cm³/mol. The van der Waals surface area contributed by atoms with E-state index in [0.29, 0.717) is 15.8 Å². The fraction of sp³-hybridized carbons (Fsp3) is 0.333. The molecule has 160 valence electrons. The highest BCUT2D eigenvalue weighted by Crippen LogP contribution is 2.27. The lowest BCUT2D eigenvalue weighted by atomic mass is 10.1. The molecule has 1 fully saturated rings. The summed E-state index contributed by atoms with van der Waals surface area (Å²) in [7, 11) is 0. The first kappa shape index (κ1) is 22.3. The molecule has 1 aliphatic heterocycles. The van der Waals surface area contributed by atoms with Gasteiger partial charge in [0.1, 0.15) is 30.8 Å². The number of hydrogen-bond donors (Lipinski definition) is 1. The molecule has 6 nitrogen and oxygen atoms in total. The minimum atomic E-state index is -0.932. The van der Waals surface area contributed by atoms with Gasteiger partial charge in [-0.3, -0.25) is 4.79 Å². The number of nitrogens with zero attached hydrogens (tertiary/aromatic N) is 1. The molecular weight excluding hydrogens is 436 g/mol. The summed E-state index contributed by atoms with van der Waals surface area (Å²) >= 11 is 11.8. The van der Waals surface area contributed by atoms with Gasteiger partial charge in [-0.05, 0) is 29.8 Å². The molecule has 1 amide bonds. The molecule has 2 atom stereocenters. The van der Waals surface area contributed by atoms with E-state index in [1.165, 1.54) is 29.2 Å². The topological polar surface area (TPSA) is 76.1 Å². The number of likely N-dealkylation sites (tertiary alicyclic amines) is 1. The zero-order valence-electron chi connectivity index (χ0n) is 15.9. The van der Waals surface area contributed by atoms with Crippen molar-refractivity contribution < 1.29 is 28.6 Å². The minimum Gasteiger partial charge on any atom is -0.488 e. The lowest BCUT2D eigenvalue weighted by Crippen LogP contribution is -2.42. The Labute approximate surface area is 183 Å². The van der Waals surface area contributed by atoms with Crippen molar-refractivity contribution in [3.05, 3.63) is 63.9 Å². The molecular formula is C21H20Cl2FNO5. The summed E-state index contributed by atoms with van der Waals surface area (Å²) in [5.74, 6) is -1.21. The van der Waals surface area contributed by atoms with Crippen LogP contribution in [0.25, 0.3) is 0 Å². The third-order valence-corrected chi connectivity index (χ3v) is 5.18. The molecule has 0 aromatic heterocycles. The maximum Gasteiger partial charge on any atom is 0.329 e. The summed E-state index contributed by atoms with van der Waals surface area (Å²) in [5.41, 5.74) is 0.226. The van der Waals surface area contributed by atoms with Crippen molar-refractivity contribution in [3.8, 4) is 5.75 Å². The average molecular weight is 456 g/mol. The number of benzene rings is 2. The van der Waals surface area contributed by atoms with Gasteiger partial charge in [0.05, 0.1) is 17.5 Å². The van der Waals surface area contributed by atoms with Gasteiger partial charge >= 0.3 is 5.97 Å². The van der Waals surface area contributed by atoms with E-state index in [1.54, 1.807) is 18.2 Å². The van der Waals surface area contributed by atoms with Crippen molar-refractivity contribution in [1.82, 2.24) is 4.90 Å². The summed E-state index contributed by atoms with van der Waals surface area (Å²) < 4.78 is 24.5. The highest BCUT2D eigenvalue weighted by molar-refractivity contribution is 6.35. The van der Waals surface area contributed by atoms with Crippen LogP contribution in [0.2, 0.25) is 10.0 Å². The number of carbonyl (C=O) groups is 2. The Hall–Kier alpha value is -2.35. The van der Waals surface area contributed by atoms with Gasteiger partial charge in [0.15, 0.2) is 0 Å². The Bertz CT molecular complexity index is 926. The van der Waals surface area contributed by atoms with E-state index in [9.17, 15) is 19.1 Å². The molecule has 0 bridgehead atoms. The molecule has 2 aromatic carbocycles. The molecule has 30 heavy (non-hydrogen) atoms. The van der Waals surface area contributed by atoms with Crippen LogP contribution in [-0.2, 0) is 20.7 Å². The predicted octanol–water partition coefficient (Wildman–Crippen LogP) is 3.26. The maximum absolute atomic E-state index is 13.8. The number of β-amino-alcohol motifs (C(OH)–C–C–N with tert-alkyl or cyclic N) is 1. The molecule has 9 heteroatoms. The van der Waals surface area contributed by atoms with Crippen molar-refractivity contribution in [2.45, 2.75) is 25.0 Å². The molecule has 0 radical (unpaired) electrons. The number of hydrogen-bond acceptors (Lipinski definition) is 5. The van der Waals surface area contributed by atoms with Crippen molar-refractivity contribution >= 4 is 35.1 Å². The lowest BCUT2D eigenvalue weighted by Gasteiger charge is -2.23. The lowest BCUT2D eigenvalue weighted by molar-refractivity contribution is -0.153. The normalized spacial score (nSPS) is 18.3. The molecule has 1 aliphatic rings. The smallest absolute Gasteiger partial charge is 0.329 e. The molecule has 0 saturated carbocycles. The van der Waals surface area contributed by atoms with E-state index >= 15 is 0 Å². The van der Waals surface area contributed by atoms with Crippen LogP contribution in [0.5, 0.6) is 5.75 Å². The monoisotopic (exact) mass is 455 g/mol. The van der Waals surface area contributed by atoms with Gasteiger partial charge in [0.2, 0.25) is 5.91 Å². The summed E-state index contributed by atoms with van der Waals surface area (Å²) in [4.78, 5) is 26.3. The van der Waals surface area contributed by atoms with E-state index in [-0.39, 0.29) is 38.2 Å². The number of halogens is 3. The van der Waals surface area contributed by atoms with E-state index in [0.717, 1.165) is 0 Å². The second-order valence-electron chi connectivity index (χ2n) is 6.81. The van der Waals surface area contributed by atoms with Gasteiger partial charge in [-0.25, -0.2) is 9.18 Å². The standard InChI is InChI=1S/C21H20Cl2FNO5/c22-14-5-6-19(16(23)10-14)29-7-8-30-21(28)18-11-15(26)12-25(18)20(27)9-13-3-1-2-4-17(13)24/h1-6,10,15,18,26H,7-9,11-12H2. The minimum absolute atomic E-state index is 0.00998. The van der Waals surface area contributed by atoms with Crippen LogP contribution in [0, 0.1) is 5.82 Å². The molecule has 1 heterocycles. The number of carbonyl (C=O) groups excluding carboxylic acids is 2.